The van der Waals surface area contributed by atoms with E-state index in [-0.39, 0.29) is 17.9 Å². The molecule has 3 aromatic carbocycles. The fraction of sp³-hybridized carbons (Fsp3) is 0.250. The smallest absolute Gasteiger partial charge is 0.277 e. The number of hydrazone groups is 1. The summed E-state index contributed by atoms with van der Waals surface area (Å²) in [5, 5.41) is 6.15. The molecule has 3 aromatic rings. The molecule has 0 unspecified atom stereocenters. The fourth-order valence-electron chi connectivity index (χ4n) is 3.02. The molecule has 0 aliphatic rings. The van der Waals surface area contributed by atoms with Crippen LogP contribution in [0.4, 0.5) is 0 Å². The van der Waals surface area contributed by atoms with Crippen LogP contribution in [-0.2, 0) is 10.2 Å². The molecule has 1 N–H and O–H groups in total. The Morgan fingerprint density at radius 2 is 1.83 bits per heavy atom. The van der Waals surface area contributed by atoms with Crippen LogP contribution >= 0.6 is 15.9 Å². The Bertz CT molecular complexity index is 1090. The highest BCUT2D eigenvalue weighted by Crippen LogP contribution is 2.31. The molecule has 0 saturated carbocycles. The van der Waals surface area contributed by atoms with Crippen molar-refractivity contribution in [3.8, 4) is 11.5 Å². The summed E-state index contributed by atoms with van der Waals surface area (Å²) in [7, 11) is 1.61. The van der Waals surface area contributed by atoms with Crippen molar-refractivity contribution in [3.63, 3.8) is 0 Å². The number of nitrogens with one attached hydrogen (secondary N) is 1. The molecule has 0 spiro atoms. The molecule has 0 saturated heterocycles. The van der Waals surface area contributed by atoms with Crippen LogP contribution in [0.2, 0.25) is 0 Å². The van der Waals surface area contributed by atoms with E-state index >= 15 is 0 Å². The molecule has 30 heavy (non-hydrogen) atoms. The lowest BCUT2D eigenvalue weighted by Crippen LogP contribution is -2.24. The minimum absolute atomic E-state index is 0.0375. The molecule has 0 aliphatic carbocycles. The van der Waals surface area contributed by atoms with E-state index in [1.165, 1.54) is 5.56 Å². The minimum atomic E-state index is -0.350. The van der Waals surface area contributed by atoms with Crippen molar-refractivity contribution in [2.24, 2.45) is 5.10 Å². The Morgan fingerprint density at radius 3 is 2.53 bits per heavy atom. The second kappa shape index (κ2) is 9.30. The van der Waals surface area contributed by atoms with Gasteiger partial charge < -0.3 is 9.47 Å². The number of hydrogen-bond acceptors (Lipinski definition) is 4. The second-order valence-electron chi connectivity index (χ2n) is 7.88. The summed E-state index contributed by atoms with van der Waals surface area (Å²) < 4.78 is 11.9. The van der Waals surface area contributed by atoms with Crippen molar-refractivity contribution < 1.29 is 14.3 Å². The van der Waals surface area contributed by atoms with E-state index in [1.807, 2.05) is 54.6 Å². The number of carbonyl (C=O) groups is 1. The molecule has 6 heteroatoms. The number of halogens is 1. The van der Waals surface area contributed by atoms with Crippen molar-refractivity contribution in [2.75, 3.05) is 13.7 Å². The van der Waals surface area contributed by atoms with Crippen molar-refractivity contribution in [3.05, 3.63) is 70.2 Å². The molecule has 1 amide bonds. The zero-order chi connectivity index (χ0) is 21.7. The summed E-state index contributed by atoms with van der Waals surface area (Å²) in [6.07, 6.45) is 1.59. The van der Waals surface area contributed by atoms with Gasteiger partial charge in [0.1, 0.15) is 11.5 Å². The number of amides is 1. The lowest BCUT2D eigenvalue weighted by Gasteiger charge is -2.20. The Balaban J connectivity index is 1.64. The maximum atomic E-state index is 12.2. The molecule has 5 nitrogen and oxygen atoms in total. The van der Waals surface area contributed by atoms with Gasteiger partial charge in [0.25, 0.3) is 5.91 Å². The van der Waals surface area contributed by atoms with Crippen LogP contribution in [0, 0.1) is 0 Å². The highest BCUT2D eigenvalue weighted by Gasteiger charge is 2.15. The van der Waals surface area contributed by atoms with Crippen LogP contribution < -0.4 is 14.9 Å². The van der Waals surface area contributed by atoms with Gasteiger partial charge in [0, 0.05) is 5.56 Å². The first-order valence-electron chi connectivity index (χ1n) is 9.60. The summed E-state index contributed by atoms with van der Waals surface area (Å²) in [5.74, 6) is 0.945. The molecule has 0 atom stereocenters. The summed E-state index contributed by atoms with van der Waals surface area (Å²) in [4.78, 5) is 12.2. The van der Waals surface area contributed by atoms with Gasteiger partial charge in [-0.3, -0.25) is 4.79 Å². The Kier molecular flexibility index (Phi) is 6.77. The first-order valence-corrected chi connectivity index (χ1v) is 10.4. The van der Waals surface area contributed by atoms with E-state index in [0.717, 1.165) is 20.8 Å². The van der Waals surface area contributed by atoms with Crippen LogP contribution in [0.5, 0.6) is 11.5 Å². The molecule has 0 aromatic heterocycles. The summed E-state index contributed by atoms with van der Waals surface area (Å²) in [6, 6.07) is 17.7. The Morgan fingerprint density at radius 1 is 1.10 bits per heavy atom. The van der Waals surface area contributed by atoms with Gasteiger partial charge in [0.15, 0.2) is 6.61 Å². The number of methoxy groups -OCH3 is 1. The molecule has 3 rings (SSSR count). The van der Waals surface area contributed by atoms with Crippen LogP contribution in [0.15, 0.2) is 64.2 Å². The van der Waals surface area contributed by atoms with Crippen molar-refractivity contribution >= 4 is 38.8 Å². The van der Waals surface area contributed by atoms with Crippen LogP contribution in [-0.4, -0.2) is 25.8 Å². The maximum Gasteiger partial charge on any atom is 0.277 e. The highest BCUT2D eigenvalue weighted by atomic mass is 79.9. The molecule has 156 valence electrons. The summed E-state index contributed by atoms with van der Waals surface area (Å²) in [5.41, 5.74) is 4.53. The highest BCUT2D eigenvalue weighted by molar-refractivity contribution is 9.10. The van der Waals surface area contributed by atoms with Gasteiger partial charge in [-0.1, -0.05) is 57.2 Å². The van der Waals surface area contributed by atoms with Crippen LogP contribution in [0.25, 0.3) is 10.8 Å². The minimum Gasteiger partial charge on any atom is -0.496 e. The SMILES string of the molecule is COc1ccc2ccccc2c1C=NNC(=O)COc1ccc(C(C)(C)C)cc1Br. The number of fused-ring (bicyclic) bond motifs is 1. The third kappa shape index (κ3) is 5.19. The van der Waals surface area contributed by atoms with Crippen LogP contribution in [0.3, 0.4) is 0 Å². The zero-order valence-corrected chi connectivity index (χ0v) is 19.1. The third-order valence-electron chi connectivity index (χ3n) is 4.69. The predicted octanol–water partition coefficient (Wildman–Crippen LogP) is 5.44. The largest absolute Gasteiger partial charge is 0.496 e. The monoisotopic (exact) mass is 468 g/mol. The van der Waals surface area contributed by atoms with E-state index in [1.54, 1.807) is 13.3 Å². The Labute approximate surface area is 185 Å². The van der Waals surface area contributed by atoms with E-state index in [2.05, 4.69) is 47.2 Å². The molecular weight excluding hydrogens is 444 g/mol. The van der Waals surface area contributed by atoms with Gasteiger partial charge in [-0.15, -0.1) is 0 Å². The van der Waals surface area contributed by atoms with E-state index in [0.29, 0.717) is 11.5 Å². The average Bonchev–Trinajstić information content (AvgIpc) is 2.72. The standard InChI is InChI=1S/C24H25BrN2O3/c1-24(2,3)17-10-12-22(20(25)13-17)30-15-23(28)27-26-14-19-18-8-6-5-7-16(18)9-11-21(19)29-4/h5-14H,15H2,1-4H3,(H,27,28). The van der Waals surface area contributed by atoms with Crippen molar-refractivity contribution in [2.45, 2.75) is 26.2 Å². The van der Waals surface area contributed by atoms with Gasteiger partial charge >= 0.3 is 0 Å². The number of rotatable bonds is 6. The lowest BCUT2D eigenvalue weighted by molar-refractivity contribution is -0.123. The van der Waals surface area contributed by atoms with Gasteiger partial charge in [-0.2, -0.15) is 5.10 Å². The predicted molar refractivity (Wildman–Crippen MR) is 125 cm³/mol. The molecule has 0 bridgehead atoms. The number of benzene rings is 3. The van der Waals surface area contributed by atoms with E-state index in [4.69, 9.17) is 9.47 Å². The summed E-state index contributed by atoms with van der Waals surface area (Å²) >= 11 is 3.51. The van der Waals surface area contributed by atoms with E-state index in [9.17, 15) is 4.79 Å². The molecular formula is C24H25BrN2O3. The van der Waals surface area contributed by atoms with Gasteiger partial charge in [-0.05, 0) is 55.9 Å². The molecule has 0 heterocycles. The van der Waals surface area contributed by atoms with Crippen molar-refractivity contribution in [1.82, 2.24) is 5.43 Å². The third-order valence-corrected chi connectivity index (χ3v) is 5.31. The number of carbonyl (C=O) groups excluding carboxylic acids is 1. The van der Waals surface area contributed by atoms with Crippen LogP contribution in [0.1, 0.15) is 31.9 Å². The van der Waals surface area contributed by atoms with Gasteiger partial charge in [0.05, 0.1) is 17.8 Å². The Hall–Kier alpha value is -2.86. The van der Waals surface area contributed by atoms with Gasteiger partial charge in [0.2, 0.25) is 0 Å². The topological polar surface area (TPSA) is 59.9 Å². The fourth-order valence-corrected chi connectivity index (χ4v) is 3.51. The maximum absolute atomic E-state index is 12.2. The molecule has 0 radical (unpaired) electrons. The molecule has 0 fully saturated rings. The number of nitrogens with zero attached hydrogens (tertiary/aromatic N) is 1. The first-order chi connectivity index (χ1) is 14.3. The van der Waals surface area contributed by atoms with E-state index < -0.39 is 0 Å². The first kappa shape index (κ1) is 21.8. The van der Waals surface area contributed by atoms with Crippen molar-refractivity contribution in [1.29, 1.82) is 0 Å². The number of hydrogen-bond donors (Lipinski definition) is 1. The average molecular weight is 469 g/mol. The second-order valence-corrected chi connectivity index (χ2v) is 8.73. The number of ether oxygens (including phenoxy) is 2. The quantitative estimate of drug-likeness (QED) is 0.387. The molecule has 0 aliphatic heterocycles. The normalized spacial score (nSPS) is 11.6. The summed E-state index contributed by atoms with van der Waals surface area (Å²) in [6.45, 7) is 6.29. The zero-order valence-electron chi connectivity index (χ0n) is 17.5. The lowest BCUT2D eigenvalue weighted by atomic mass is 9.87. The van der Waals surface area contributed by atoms with Gasteiger partial charge in [-0.25, -0.2) is 5.43 Å².